The molecule has 3 nitrogen and oxygen atoms in total. The van der Waals surface area contributed by atoms with Crippen molar-refractivity contribution in [3.8, 4) is 5.75 Å². The van der Waals surface area contributed by atoms with Crippen LogP contribution in [0, 0.1) is 6.92 Å². The van der Waals surface area contributed by atoms with Gasteiger partial charge in [-0.1, -0.05) is 28.1 Å². The van der Waals surface area contributed by atoms with Gasteiger partial charge in [0.25, 0.3) is 0 Å². The number of aliphatic hydroxyl groups excluding tert-OH is 1. The van der Waals surface area contributed by atoms with Gasteiger partial charge in [0.1, 0.15) is 11.9 Å². The smallest absolute Gasteiger partial charge is 0.137 e. The van der Waals surface area contributed by atoms with E-state index >= 15 is 0 Å². The molecule has 1 N–H and O–H groups in total. The zero-order chi connectivity index (χ0) is 13.8. The quantitative estimate of drug-likeness (QED) is 0.935. The maximum atomic E-state index is 10.5. The first-order chi connectivity index (χ1) is 9.13. The number of aliphatic hydroxyl groups is 1. The average Bonchev–Trinajstić information content (AvgIpc) is 2.42. The lowest BCUT2D eigenvalue weighted by atomic mass is 9.99. The Morgan fingerprint density at radius 2 is 2.16 bits per heavy atom. The third-order valence-electron chi connectivity index (χ3n) is 2.97. The molecular formula is C15H16BrNO2. The molecular weight excluding hydrogens is 306 g/mol. The predicted molar refractivity (Wildman–Crippen MR) is 78.3 cm³/mol. The summed E-state index contributed by atoms with van der Waals surface area (Å²) < 4.78 is 6.39. The van der Waals surface area contributed by atoms with Crippen molar-refractivity contribution in [3.63, 3.8) is 0 Å². The Kier molecular flexibility index (Phi) is 4.56. The van der Waals surface area contributed by atoms with E-state index in [9.17, 15) is 5.11 Å². The van der Waals surface area contributed by atoms with E-state index in [1.54, 1.807) is 12.4 Å². The third kappa shape index (κ3) is 3.14. The highest BCUT2D eigenvalue weighted by Crippen LogP contribution is 2.29. The van der Waals surface area contributed by atoms with Crippen LogP contribution in [0.25, 0.3) is 0 Å². The number of ether oxygens (including phenoxy) is 1. The first kappa shape index (κ1) is 14.0. The maximum Gasteiger partial charge on any atom is 0.137 e. The van der Waals surface area contributed by atoms with Gasteiger partial charge in [0.2, 0.25) is 0 Å². The standard InChI is InChI=1S/C15H16BrNO2/c1-3-19-12-7-11(8-17-9-12)15(18)13-5-4-6-14(16)10(13)2/h4-9,15,18H,3H2,1-2H3. The molecule has 0 amide bonds. The van der Waals surface area contributed by atoms with Gasteiger partial charge in [-0.15, -0.1) is 0 Å². The molecule has 19 heavy (non-hydrogen) atoms. The highest BCUT2D eigenvalue weighted by molar-refractivity contribution is 9.10. The number of nitrogens with zero attached hydrogens (tertiary/aromatic N) is 1. The van der Waals surface area contributed by atoms with Crippen LogP contribution in [0.15, 0.2) is 41.1 Å². The molecule has 0 aliphatic rings. The van der Waals surface area contributed by atoms with E-state index < -0.39 is 6.10 Å². The van der Waals surface area contributed by atoms with Crippen LogP contribution >= 0.6 is 15.9 Å². The van der Waals surface area contributed by atoms with Crippen molar-refractivity contribution in [1.29, 1.82) is 0 Å². The fourth-order valence-electron chi connectivity index (χ4n) is 1.93. The lowest BCUT2D eigenvalue weighted by molar-refractivity contribution is 0.218. The number of pyridine rings is 1. The van der Waals surface area contributed by atoms with E-state index in [1.165, 1.54) is 0 Å². The average molecular weight is 322 g/mol. The molecule has 1 aromatic carbocycles. The van der Waals surface area contributed by atoms with Crippen LogP contribution in [0.4, 0.5) is 0 Å². The zero-order valence-corrected chi connectivity index (χ0v) is 12.5. The second-order valence-electron chi connectivity index (χ2n) is 4.24. The van der Waals surface area contributed by atoms with E-state index in [4.69, 9.17) is 4.74 Å². The molecule has 0 aliphatic heterocycles. The normalized spacial score (nSPS) is 12.2. The van der Waals surface area contributed by atoms with Crippen LogP contribution in [0.3, 0.4) is 0 Å². The summed E-state index contributed by atoms with van der Waals surface area (Å²) in [5.41, 5.74) is 2.62. The molecule has 4 heteroatoms. The highest BCUT2D eigenvalue weighted by Gasteiger charge is 2.15. The van der Waals surface area contributed by atoms with Crippen LogP contribution in [0.1, 0.15) is 29.7 Å². The molecule has 0 saturated carbocycles. The van der Waals surface area contributed by atoms with Crippen LogP contribution < -0.4 is 4.74 Å². The first-order valence-electron chi connectivity index (χ1n) is 6.14. The fraction of sp³-hybridized carbons (Fsp3) is 0.267. The molecule has 0 bridgehead atoms. The summed E-state index contributed by atoms with van der Waals surface area (Å²) in [5, 5.41) is 10.5. The monoisotopic (exact) mass is 321 g/mol. The van der Waals surface area contributed by atoms with Gasteiger partial charge >= 0.3 is 0 Å². The van der Waals surface area contributed by atoms with Gasteiger partial charge in [-0.3, -0.25) is 4.98 Å². The third-order valence-corrected chi connectivity index (χ3v) is 3.82. The van der Waals surface area contributed by atoms with Gasteiger partial charge in [-0.25, -0.2) is 0 Å². The largest absolute Gasteiger partial charge is 0.492 e. The number of aromatic nitrogens is 1. The van der Waals surface area contributed by atoms with Gasteiger partial charge in [-0.2, -0.15) is 0 Å². The highest BCUT2D eigenvalue weighted by atomic mass is 79.9. The van der Waals surface area contributed by atoms with E-state index in [1.807, 2.05) is 38.1 Å². The SMILES string of the molecule is CCOc1cncc(C(O)c2cccc(Br)c2C)c1. The molecule has 0 saturated heterocycles. The van der Waals surface area contributed by atoms with E-state index in [0.29, 0.717) is 12.4 Å². The Morgan fingerprint density at radius 3 is 2.89 bits per heavy atom. The summed E-state index contributed by atoms with van der Waals surface area (Å²) in [6, 6.07) is 7.61. The Balaban J connectivity index is 2.35. The minimum Gasteiger partial charge on any atom is -0.492 e. The van der Waals surface area contributed by atoms with Crippen LogP contribution in [0.5, 0.6) is 5.75 Å². The van der Waals surface area contributed by atoms with Gasteiger partial charge in [0.05, 0.1) is 12.8 Å². The van der Waals surface area contributed by atoms with Crippen molar-refractivity contribution in [2.24, 2.45) is 0 Å². The van der Waals surface area contributed by atoms with Crippen LogP contribution in [-0.4, -0.2) is 16.7 Å². The second-order valence-corrected chi connectivity index (χ2v) is 5.10. The molecule has 2 rings (SSSR count). The predicted octanol–water partition coefficient (Wildman–Crippen LogP) is 3.63. The lowest BCUT2D eigenvalue weighted by Crippen LogP contribution is -2.04. The Morgan fingerprint density at radius 1 is 1.37 bits per heavy atom. The van der Waals surface area contributed by atoms with Crippen LogP contribution in [-0.2, 0) is 0 Å². The van der Waals surface area contributed by atoms with Gasteiger partial charge in [0, 0.05) is 16.2 Å². The van der Waals surface area contributed by atoms with Crippen LogP contribution in [0.2, 0.25) is 0 Å². The van der Waals surface area contributed by atoms with E-state index in [2.05, 4.69) is 20.9 Å². The molecule has 2 aromatic rings. The summed E-state index contributed by atoms with van der Waals surface area (Å²) in [4.78, 5) is 4.11. The van der Waals surface area contributed by atoms with E-state index in [-0.39, 0.29) is 0 Å². The Bertz CT molecular complexity index is 572. The fourth-order valence-corrected chi connectivity index (χ4v) is 2.31. The molecule has 1 atom stereocenters. The van der Waals surface area contributed by atoms with Crippen molar-refractivity contribution >= 4 is 15.9 Å². The van der Waals surface area contributed by atoms with Crippen molar-refractivity contribution in [2.45, 2.75) is 20.0 Å². The Labute approximate surface area is 121 Å². The number of hydrogen-bond acceptors (Lipinski definition) is 3. The molecule has 1 aromatic heterocycles. The second kappa shape index (κ2) is 6.17. The van der Waals surface area contributed by atoms with Crippen molar-refractivity contribution < 1.29 is 9.84 Å². The summed E-state index contributed by atoms with van der Waals surface area (Å²) >= 11 is 3.47. The number of benzene rings is 1. The lowest BCUT2D eigenvalue weighted by Gasteiger charge is -2.15. The number of halogens is 1. The summed E-state index contributed by atoms with van der Waals surface area (Å²) in [7, 11) is 0. The van der Waals surface area contributed by atoms with Crippen molar-refractivity contribution in [1.82, 2.24) is 4.98 Å². The minimum absolute atomic E-state index is 0.580. The number of rotatable bonds is 4. The first-order valence-corrected chi connectivity index (χ1v) is 6.93. The van der Waals surface area contributed by atoms with Gasteiger partial charge < -0.3 is 9.84 Å². The van der Waals surface area contributed by atoms with Gasteiger partial charge in [-0.05, 0) is 37.1 Å². The minimum atomic E-state index is -0.703. The Hall–Kier alpha value is -1.39. The van der Waals surface area contributed by atoms with Crippen molar-refractivity contribution in [2.75, 3.05) is 6.61 Å². The van der Waals surface area contributed by atoms with Crippen molar-refractivity contribution in [3.05, 3.63) is 57.8 Å². The summed E-state index contributed by atoms with van der Waals surface area (Å²) in [6.07, 6.45) is 2.60. The zero-order valence-electron chi connectivity index (χ0n) is 10.9. The molecule has 0 radical (unpaired) electrons. The van der Waals surface area contributed by atoms with Gasteiger partial charge in [0.15, 0.2) is 0 Å². The topological polar surface area (TPSA) is 42.4 Å². The molecule has 1 heterocycles. The molecule has 0 spiro atoms. The molecule has 1 unspecified atom stereocenters. The summed E-state index contributed by atoms with van der Waals surface area (Å²) in [6.45, 7) is 4.47. The number of hydrogen-bond donors (Lipinski definition) is 1. The molecule has 100 valence electrons. The van der Waals surface area contributed by atoms with E-state index in [0.717, 1.165) is 21.2 Å². The molecule has 0 aliphatic carbocycles. The summed E-state index contributed by atoms with van der Waals surface area (Å²) in [5.74, 6) is 0.673. The maximum absolute atomic E-state index is 10.5. The molecule has 0 fully saturated rings.